The molecule has 1 saturated carbocycles. The maximum Gasteiger partial charge on any atom is 0.311 e. The van der Waals surface area contributed by atoms with Crippen molar-refractivity contribution in [2.45, 2.75) is 46.0 Å². The number of anilines is 1. The molecule has 0 atom stereocenters. The van der Waals surface area contributed by atoms with Crippen LogP contribution in [0.3, 0.4) is 0 Å². The van der Waals surface area contributed by atoms with E-state index in [2.05, 4.69) is 43.0 Å². The Kier molecular flexibility index (Phi) is 4.92. The van der Waals surface area contributed by atoms with Crippen LogP contribution < -0.4 is 4.90 Å². The van der Waals surface area contributed by atoms with Gasteiger partial charge >= 0.3 is 5.97 Å². The fraction of sp³-hybridized carbons (Fsp3) is 0.611. The highest BCUT2D eigenvalue weighted by atomic mass is 16.4. The summed E-state index contributed by atoms with van der Waals surface area (Å²) in [6.07, 6.45) is 4.66. The van der Waals surface area contributed by atoms with Gasteiger partial charge in [0, 0.05) is 19.3 Å². The van der Waals surface area contributed by atoms with E-state index in [1.807, 2.05) is 7.05 Å². The van der Waals surface area contributed by atoms with Gasteiger partial charge in [-0.1, -0.05) is 26.0 Å². The summed E-state index contributed by atoms with van der Waals surface area (Å²) in [5.41, 5.74) is 1.84. The highest BCUT2D eigenvalue weighted by molar-refractivity contribution is 5.76. The van der Waals surface area contributed by atoms with Crippen LogP contribution in [0.2, 0.25) is 0 Å². The zero-order valence-electron chi connectivity index (χ0n) is 13.4. The van der Waals surface area contributed by atoms with Crippen LogP contribution in [0, 0.1) is 11.3 Å². The second-order valence-corrected chi connectivity index (χ2v) is 6.64. The second kappa shape index (κ2) is 6.50. The van der Waals surface area contributed by atoms with Crippen molar-refractivity contribution >= 4 is 11.7 Å². The lowest BCUT2D eigenvalue weighted by molar-refractivity contribution is -0.150. The van der Waals surface area contributed by atoms with E-state index >= 15 is 0 Å². The Bertz CT molecular complexity index is 472. The van der Waals surface area contributed by atoms with Crippen LogP contribution >= 0.6 is 0 Å². The predicted octanol–water partition coefficient (Wildman–Crippen LogP) is 3.97. The largest absolute Gasteiger partial charge is 0.481 e. The third-order valence-electron chi connectivity index (χ3n) is 5.01. The van der Waals surface area contributed by atoms with Gasteiger partial charge in [-0.05, 0) is 55.7 Å². The average Bonchev–Trinajstić information content (AvgIpc) is 2.49. The molecule has 0 radical (unpaired) electrons. The average molecular weight is 289 g/mol. The number of hydrogen-bond donors (Lipinski definition) is 1. The maximum atomic E-state index is 11.8. The van der Waals surface area contributed by atoms with Crippen LogP contribution in [-0.4, -0.2) is 24.7 Å². The van der Waals surface area contributed by atoms with Gasteiger partial charge in [0.15, 0.2) is 0 Å². The Labute approximate surface area is 128 Å². The van der Waals surface area contributed by atoms with Crippen LogP contribution in [0.1, 0.15) is 45.1 Å². The Morgan fingerprint density at radius 1 is 1.29 bits per heavy atom. The first-order valence-corrected chi connectivity index (χ1v) is 8.00. The van der Waals surface area contributed by atoms with Gasteiger partial charge in [0.05, 0.1) is 5.41 Å². The molecule has 0 saturated heterocycles. The van der Waals surface area contributed by atoms with Crippen LogP contribution in [0.25, 0.3) is 0 Å². The summed E-state index contributed by atoms with van der Waals surface area (Å²) in [6, 6.07) is 8.45. The number of carbonyl (C=O) groups is 1. The molecule has 116 valence electrons. The molecule has 2 rings (SSSR count). The minimum atomic E-state index is -0.633. The van der Waals surface area contributed by atoms with Gasteiger partial charge in [-0.3, -0.25) is 4.79 Å². The second-order valence-electron chi connectivity index (χ2n) is 6.64. The first-order chi connectivity index (χ1) is 9.97. The summed E-state index contributed by atoms with van der Waals surface area (Å²) in [6.45, 7) is 4.96. The Morgan fingerprint density at radius 3 is 2.33 bits per heavy atom. The van der Waals surface area contributed by atoms with E-state index in [1.165, 1.54) is 5.56 Å². The first kappa shape index (κ1) is 15.9. The number of hydrogen-bond acceptors (Lipinski definition) is 2. The van der Waals surface area contributed by atoms with Crippen molar-refractivity contribution in [2.75, 3.05) is 18.5 Å². The summed E-state index contributed by atoms with van der Waals surface area (Å²) in [5, 5.41) is 9.73. The van der Waals surface area contributed by atoms with Crippen molar-refractivity contribution in [3.63, 3.8) is 0 Å². The minimum Gasteiger partial charge on any atom is -0.481 e. The quantitative estimate of drug-likeness (QED) is 0.891. The number of benzene rings is 1. The molecular formula is C18H27NO2. The van der Waals surface area contributed by atoms with Crippen LogP contribution in [0.5, 0.6) is 0 Å². The van der Waals surface area contributed by atoms with Gasteiger partial charge in [0.25, 0.3) is 0 Å². The third-order valence-corrected chi connectivity index (χ3v) is 5.01. The molecular weight excluding hydrogens is 262 g/mol. The molecule has 1 fully saturated rings. The zero-order valence-corrected chi connectivity index (χ0v) is 13.4. The van der Waals surface area contributed by atoms with Gasteiger partial charge in [0.2, 0.25) is 0 Å². The van der Waals surface area contributed by atoms with E-state index in [1.54, 1.807) is 0 Å². The highest BCUT2D eigenvalue weighted by Crippen LogP contribution is 2.40. The molecule has 1 aromatic carbocycles. The number of rotatable bonds is 5. The van der Waals surface area contributed by atoms with Crippen molar-refractivity contribution < 1.29 is 9.90 Å². The number of carboxylic acids is 1. The number of nitrogens with zero attached hydrogens (tertiary/aromatic N) is 1. The fourth-order valence-corrected chi connectivity index (χ4v) is 3.29. The number of aliphatic carboxylic acids is 1. The smallest absolute Gasteiger partial charge is 0.311 e. The Balaban J connectivity index is 2.10. The van der Waals surface area contributed by atoms with Gasteiger partial charge < -0.3 is 10.0 Å². The van der Waals surface area contributed by atoms with Gasteiger partial charge in [-0.15, -0.1) is 0 Å². The van der Waals surface area contributed by atoms with Crippen LogP contribution in [0.15, 0.2) is 24.3 Å². The van der Waals surface area contributed by atoms with E-state index in [0.29, 0.717) is 12.5 Å². The summed E-state index contributed by atoms with van der Waals surface area (Å²) < 4.78 is 0. The Hall–Kier alpha value is -1.51. The summed E-state index contributed by atoms with van der Waals surface area (Å²) >= 11 is 0. The number of carboxylic acid groups (broad SMARTS) is 1. The van der Waals surface area contributed by atoms with Crippen LogP contribution in [0.4, 0.5) is 5.69 Å². The summed E-state index contributed by atoms with van der Waals surface area (Å²) in [7, 11) is 2.00. The van der Waals surface area contributed by atoms with E-state index in [4.69, 9.17) is 0 Å². The maximum absolute atomic E-state index is 11.8. The molecule has 3 heteroatoms. The van der Waals surface area contributed by atoms with E-state index in [-0.39, 0.29) is 0 Å². The SMILES string of the molecule is CCc1ccc(N(C)CC2(C(=O)O)CCC(C)CC2)cc1. The Morgan fingerprint density at radius 2 is 1.86 bits per heavy atom. The van der Waals surface area contributed by atoms with Crippen molar-refractivity contribution in [1.82, 2.24) is 0 Å². The number of aryl methyl sites for hydroxylation is 1. The molecule has 0 amide bonds. The van der Waals surface area contributed by atoms with Crippen molar-refractivity contribution in [3.05, 3.63) is 29.8 Å². The lowest BCUT2D eigenvalue weighted by atomic mass is 9.70. The molecule has 1 N–H and O–H groups in total. The molecule has 0 spiro atoms. The third kappa shape index (κ3) is 3.58. The van der Waals surface area contributed by atoms with E-state index in [9.17, 15) is 9.90 Å². The molecule has 21 heavy (non-hydrogen) atoms. The molecule has 0 bridgehead atoms. The predicted molar refractivity (Wildman–Crippen MR) is 86.8 cm³/mol. The standard InChI is InChI=1S/C18H27NO2/c1-4-15-5-7-16(8-6-15)19(3)13-18(17(20)21)11-9-14(2)10-12-18/h5-8,14H,4,9-13H2,1-3H3,(H,20,21). The zero-order chi connectivity index (χ0) is 15.5. The van der Waals surface area contributed by atoms with Gasteiger partial charge in [0.1, 0.15) is 0 Å². The summed E-state index contributed by atoms with van der Waals surface area (Å²) in [4.78, 5) is 13.9. The van der Waals surface area contributed by atoms with E-state index in [0.717, 1.165) is 37.8 Å². The monoisotopic (exact) mass is 289 g/mol. The molecule has 0 aromatic heterocycles. The van der Waals surface area contributed by atoms with Crippen molar-refractivity contribution in [1.29, 1.82) is 0 Å². The first-order valence-electron chi connectivity index (χ1n) is 8.00. The highest BCUT2D eigenvalue weighted by Gasteiger charge is 2.42. The van der Waals surface area contributed by atoms with Gasteiger partial charge in [-0.25, -0.2) is 0 Å². The molecule has 1 aromatic rings. The summed E-state index contributed by atoms with van der Waals surface area (Å²) in [5.74, 6) is 0.0260. The lowest BCUT2D eigenvalue weighted by Crippen LogP contribution is -2.44. The molecule has 1 aliphatic rings. The molecule has 0 heterocycles. The van der Waals surface area contributed by atoms with Crippen LogP contribution in [-0.2, 0) is 11.2 Å². The van der Waals surface area contributed by atoms with Crippen molar-refractivity contribution in [3.8, 4) is 0 Å². The fourth-order valence-electron chi connectivity index (χ4n) is 3.29. The minimum absolute atomic E-state index is 0.579. The topological polar surface area (TPSA) is 40.5 Å². The lowest BCUT2D eigenvalue weighted by Gasteiger charge is -2.39. The molecule has 0 aliphatic heterocycles. The molecule has 0 unspecified atom stereocenters. The van der Waals surface area contributed by atoms with E-state index < -0.39 is 11.4 Å². The normalized spacial score (nSPS) is 25.6. The van der Waals surface area contributed by atoms with Gasteiger partial charge in [-0.2, -0.15) is 0 Å². The molecule has 1 aliphatic carbocycles. The molecule has 3 nitrogen and oxygen atoms in total. The van der Waals surface area contributed by atoms with Crippen molar-refractivity contribution in [2.24, 2.45) is 11.3 Å².